The van der Waals surface area contributed by atoms with Gasteiger partial charge in [0.2, 0.25) is 5.56 Å². The molecule has 0 saturated carbocycles. The van der Waals surface area contributed by atoms with E-state index in [0.29, 0.717) is 0 Å². The number of pyridine rings is 1. The predicted octanol–water partition coefficient (Wildman–Crippen LogP) is 2.11. The summed E-state index contributed by atoms with van der Waals surface area (Å²) in [6.07, 6.45) is 1.60. The molecule has 0 atom stereocenters. The number of amides is 1. The van der Waals surface area contributed by atoms with Gasteiger partial charge in [0.05, 0.1) is 10.6 Å². The minimum Gasteiger partial charge on any atom is -0.348 e. The molecule has 4 nitrogen and oxygen atoms in total. The number of rotatable bonds is 3. The summed E-state index contributed by atoms with van der Waals surface area (Å²) in [5.41, 5.74) is 0.407. The zero-order valence-electron chi connectivity index (χ0n) is 10.7. The van der Waals surface area contributed by atoms with Crippen molar-refractivity contribution < 1.29 is 9.18 Å². The number of hydrogen-bond acceptors (Lipinski definition) is 2. The smallest absolute Gasteiger partial charge is 0.256 e. The lowest BCUT2D eigenvalue weighted by atomic mass is 10.2. The molecule has 0 aliphatic carbocycles. The van der Waals surface area contributed by atoms with E-state index in [1.54, 1.807) is 19.3 Å². The normalized spacial score (nSPS) is 10.3. The average Bonchev–Trinajstić information content (AvgIpc) is 2.40. The van der Waals surface area contributed by atoms with E-state index in [9.17, 15) is 14.0 Å². The number of carbonyl (C=O) groups excluding carboxylic acids is 1. The van der Waals surface area contributed by atoms with Crippen molar-refractivity contribution in [3.8, 4) is 0 Å². The SMILES string of the molecule is Cn1cc(CNC(=O)c2c(F)cccc2Cl)ccc1=O. The van der Waals surface area contributed by atoms with Crippen LogP contribution in [0.1, 0.15) is 15.9 Å². The molecule has 1 heterocycles. The second-order valence-electron chi connectivity index (χ2n) is 4.27. The number of nitrogens with one attached hydrogen (secondary N) is 1. The van der Waals surface area contributed by atoms with Crippen molar-refractivity contribution in [3.63, 3.8) is 0 Å². The summed E-state index contributed by atoms with van der Waals surface area (Å²) in [6, 6.07) is 7.06. The molecule has 0 saturated heterocycles. The third-order valence-electron chi connectivity index (χ3n) is 2.79. The molecule has 1 aromatic carbocycles. The minimum absolute atomic E-state index is 0.0583. The van der Waals surface area contributed by atoms with Crippen LogP contribution in [0.15, 0.2) is 41.3 Å². The summed E-state index contributed by atoms with van der Waals surface area (Å²) in [5, 5.41) is 2.62. The first-order chi connectivity index (χ1) is 9.49. The molecular weight excluding hydrogens is 283 g/mol. The average molecular weight is 295 g/mol. The number of aryl methyl sites for hydroxylation is 1. The molecule has 1 amide bonds. The monoisotopic (exact) mass is 294 g/mol. The predicted molar refractivity (Wildman–Crippen MR) is 74.3 cm³/mol. The Kier molecular flexibility index (Phi) is 4.20. The lowest BCUT2D eigenvalue weighted by Gasteiger charge is -2.08. The first kappa shape index (κ1) is 14.3. The number of nitrogens with zero attached hydrogens (tertiary/aromatic N) is 1. The molecular formula is C14H12ClFN2O2. The maximum Gasteiger partial charge on any atom is 0.256 e. The van der Waals surface area contributed by atoms with Gasteiger partial charge in [-0.3, -0.25) is 9.59 Å². The van der Waals surface area contributed by atoms with Crippen LogP contribution in [0.2, 0.25) is 5.02 Å². The van der Waals surface area contributed by atoms with Crippen LogP contribution in [-0.2, 0) is 13.6 Å². The summed E-state index contributed by atoms with van der Waals surface area (Å²) in [6.45, 7) is 0.178. The fourth-order valence-electron chi connectivity index (χ4n) is 1.74. The molecule has 0 aliphatic rings. The van der Waals surface area contributed by atoms with E-state index in [2.05, 4.69) is 5.32 Å². The first-order valence-corrected chi connectivity index (χ1v) is 6.24. The summed E-state index contributed by atoms with van der Waals surface area (Å²) >= 11 is 5.81. The van der Waals surface area contributed by atoms with E-state index in [0.717, 1.165) is 5.56 Å². The number of hydrogen-bond donors (Lipinski definition) is 1. The highest BCUT2D eigenvalue weighted by molar-refractivity contribution is 6.33. The zero-order valence-corrected chi connectivity index (χ0v) is 11.4. The van der Waals surface area contributed by atoms with E-state index < -0.39 is 11.7 Å². The molecule has 1 N–H and O–H groups in total. The molecule has 2 aromatic rings. The molecule has 0 spiro atoms. The number of halogens is 2. The molecule has 0 fully saturated rings. The Hall–Kier alpha value is -2.14. The van der Waals surface area contributed by atoms with E-state index in [1.165, 1.54) is 28.8 Å². The molecule has 0 aliphatic heterocycles. The van der Waals surface area contributed by atoms with Gasteiger partial charge in [0, 0.05) is 25.9 Å². The van der Waals surface area contributed by atoms with Crippen molar-refractivity contribution >= 4 is 17.5 Å². The van der Waals surface area contributed by atoms with Gasteiger partial charge in [-0.05, 0) is 17.7 Å². The van der Waals surface area contributed by atoms with E-state index in [-0.39, 0.29) is 22.7 Å². The topological polar surface area (TPSA) is 51.1 Å². The van der Waals surface area contributed by atoms with Crippen LogP contribution >= 0.6 is 11.6 Å². The van der Waals surface area contributed by atoms with E-state index >= 15 is 0 Å². The van der Waals surface area contributed by atoms with Gasteiger partial charge >= 0.3 is 0 Å². The molecule has 6 heteroatoms. The number of benzene rings is 1. The number of carbonyl (C=O) groups is 1. The summed E-state index contributed by atoms with van der Waals surface area (Å²) in [4.78, 5) is 23.1. The van der Waals surface area contributed by atoms with Gasteiger partial charge in [-0.2, -0.15) is 0 Å². The van der Waals surface area contributed by atoms with Gasteiger partial charge in [0.25, 0.3) is 5.91 Å². The maximum atomic E-state index is 13.6. The van der Waals surface area contributed by atoms with Gasteiger partial charge in [0.1, 0.15) is 5.82 Å². The van der Waals surface area contributed by atoms with E-state index in [4.69, 9.17) is 11.6 Å². The molecule has 0 unspecified atom stereocenters. The van der Waals surface area contributed by atoms with Crippen molar-refractivity contribution in [2.75, 3.05) is 0 Å². The Balaban J connectivity index is 2.13. The minimum atomic E-state index is -0.671. The largest absolute Gasteiger partial charge is 0.348 e. The summed E-state index contributed by atoms with van der Waals surface area (Å²) < 4.78 is 15.0. The van der Waals surface area contributed by atoms with Crippen molar-refractivity contribution in [2.45, 2.75) is 6.54 Å². The molecule has 1 aromatic heterocycles. The highest BCUT2D eigenvalue weighted by Crippen LogP contribution is 2.18. The van der Waals surface area contributed by atoms with Crippen LogP contribution in [0.5, 0.6) is 0 Å². The van der Waals surface area contributed by atoms with Crippen LogP contribution in [0.25, 0.3) is 0 Å². The van der Waals surface area contributed by atoms with E-state index in [1.807, 2.05) is 0 Å². The van der Waals surface area contributed by atoms with Crippen LogP contribution in [0, 0.1) is 5.82 Å². The highest BCUT2D eigenvalue weighted by Gasteiger charge is 2.15. The fraction of sp³-hybridized carbons (Fsp3) is 0.143. The Bertz CT molecular complexity index is 692. The second-order valence-corrected chi connectivity index (χ2v) is 4.67. The highest BCUT2D eigenvalue weighted by atomic mass is 35.5. The molecule has 20 heavy (non-hydrogen) atoms. The quantitative estimate of drug-likeness (QED) is 0.942. The van der Waals surface area contributed by atoms with Crippen molar-refractivity contribution in [2.24, 2.45) is 7.05 Å². The van der Waals surface area contributed by atoms with Crippen LogP contribution in [-0.4, -0.2) is 10.5 Å². The third-order valence-corrected chi connectivity index (χ3v) is 3.10. The standard InChI is InChI=1S/C14H12ClFN2O2/c1-18-8-9(5-6-12(18)19)7-17-14(20)13-10(15)3-2-4-11(13)16/h2-6,8H,7H2,1H3,(H,17,20). The Morgan fingerprint density at radius 2 is 2.10 bits per heavy atom. The Morgan fingerprint density at radius 3 is 2.75 bits per heavy atom. The fourth-order valence-corrected chi connectivity index (χ4v) is 1.99. The summed E-state index contributed by atoms with van der Waals surface area (Å²) in [5.74, 6) is -1.27. The van der Waals surface area contributed by atoms with Crippen molar-refractivity contribution in [1.82, 2.24) is 9.88 Å². The van der Waals surface area contributed by atoms with Crippen LogP contribution < -0.4 is 10.9 Å². The third kappa shape index (κ3) is 3.05. The van der Waals surface area contributed by atoms with Gasteiger partial charge in [0.15, 0.2) is 0 Å². The zero-order chi connectivity index (χ0) is 14.7. The summed E-state index contributed by atoms with van der Waals surface area (Å²) in [7, 11) is 1.61. The first-order valence-electron chi connectivity index (χ1n) is 5.87. The van der Waals surface area contributed by atoms with Crippen LogP contribution in [0.3, 0.4) is 0 Å². The van der Waals surface area contributed by atoms with Gasteiger partial charge in [-0.25, -0.2) is 4.39 Å². The van der Waals surface area contributed by atoms with Crippen molar-refractivity contribution in [1.29, 1.82) is 0 Å². The molecule has 104 valence electrons. The lowest BCUT2D eigenvalue weighted by molar-refractivity contribution is 0.0947. The molecule has 0 bridgehead atoms. The van der Waals surface area contributed by atoms with Gasteiger partial charge < -0.3 is 9.88 Å². The second kappa shape index (κ2) is 5.88. The molecule has 2 rings (SSSR count). The van der Waals surface area contributed by atoms with Gasteiger partial charge in [-0.1, -0.05) is 23.7 Å². The molecule has 0 radical (unpaired) electrons. The van der Waals surface area contributed by atoms with Crippen molar-refractivity contribution in [3.05, 3.63) is 68.8 Å². The maximum absolute atomic E-state index is 13.6. The van der Waals surface area contributed by atoms with Crippen LogP contribution in [0.4, 0.5) is 4.39 Å². The Labute approximate surface area is 119 Å². The number of aromatic nitrogens is 1. The Morgan fingerprint density at radius 1 is 1.35 bits per heavy atom. The van der Waals surface area contributed by atoms with Gasteiger partial charge in [-0.15, -0.1) is 0 Å². The lowest BCUT2D eigenvalue weighted by Crippen LogP contribution is -2.25.